The molecule has 1 atom stereocenters. The van der Waals surface area contributed by atoms with Crippen molar-refractivity contribution in [1.82, 2.24) is 4.98 Å². The van der Waals surface area contributed by atoms with Crippen molar-refractivity contribution >= 4 is 22.4 Å². The molecule has 5 heteroatoms. The highest BCUT2D eigenvalue weighted by atomic mass is 16.5. The van der Waals surface area contributed by atoms with E-state index in [1.54, 1.807) is 13.3 Å². The van der Waals surface area contributed by atoms with E-state index in [2.05, 4.69) is 4.98 Å². The SMILES string of the molecule is COc1ccc2ccnc(N(C)C(C)CC(=N)N)c2c1. The molecule has 0 aliphatic rings. The first-order chi connectivity index (χ1) is 9.52. The fourth-order valence-corrected chi connectivity index (χ4v) is 2.20. The summed E-state index contributed by atoms with van der Waals surface area (Å²) in [5.74, 6) is 1.86. The number of pyridine rings is 1. The summed E-state index contributed by atoms with van der Waals surface area (Å²) in [6.07, 6.45) is 2.31. The van der Waals surface area contributed by atoms with Crippen LogP contribution in [0.2, 0.25) is 0 Å². The molecule has 5 nitrogen and oxygen atoms in total. The number of rotatable bonds is 5. The quantitative estimate of drug-likeness (QED) is 0.647. The van der Waals surface area contributed by atoms with Gasteiger partial charge >= 0.3 is 0 Å². The van der Waals surface area contributed by atoms with E-state index in [-0.39, 0.29) is 11.9 Å². The number of nitrogens with two attached hydrogens (primary N) is 1. The summed E-state index contributed by atoms with van der Waals surface area (Å²) in [7, 11) is 3.62. The number of amidine groups is 1. The Bertz CT molecular complexity index is 626. The van der Waals surface area contributed by atoms with Crippen LogP contribution in [0.1, 0.15) is 13.3 Å². The van der Waals surface area contributed by atoms with Gasteiger partial charge in [-0.1, -0.05) is 6.07 Å². The van der Waals surface area contributed by atoms with Gasteiger partial charge in [0.05, 0.1) is 12.9 Å². The van der Waals surface area contributed by atoms with Crippen LogP contribution >= 0.6 is 0 Å². The van der Waals surface area contributed by atoms with E-state index in [0.29, 0.717) is 6.42 Å². The van der Waals surface area contributed by atoms with Crippen molar-refractivity contribution in [3.63, 3.8) is 0 Å². The average Bonchev–Trinajstić information content (AvgIpc) is 2.44. The Balaban J connectivity index is 2.44. The first kappa shape index (κ1) is 14.1. The number of anilines is 1. The minimum absolute atomic E-state index is 0.108. The molecule has 1 aromatic carbocycles. The van der Waals surface area contributed by atoms with Gasteiger partial charge in [-0.2, -0.15) is 0 Å². The van der Waals surface area contributed by atoms with Crippen molar-refractivity contribution in [3.05, 3.63) is 30.5 Å². The van der Waals surface area contributed by atoms with Gasteiger partial charge in [-0.3, -0.25) is 5.41 Å². The predicted octanol–water partition coefficient (Wildman–Crippen LogP) is 2.39. The van der Waals surface area contributed by atoms with Crippen LogP contribution in [0.4, 0.5) is 5.82 Å². The van der Waals surface area contributed by atoms with Crippen LogP contribution in [-0.2, 0) is 0 Å². The largest absolute Gasteiger partial charge is 0.497 e. The summed E-state index contributed by atoms with van der Waals surface area (Å²) in [6, 6.07) is 8.02. The average molecular weight is 272 g/mol. The Morgan fingerprint density at radius 2 is 2.20 bits per heavy atom. The van der Waals surface area contributed by atoms with Crippen molar-refractivity contribution < 1.29 is 4.74 Å². The van der Waals surface area contributed by atoms with E-state index in [1.165, 1.54) is 0 Å². The third-order valence-electron chi connectivity index (χ3n) is 3.46. The minimum Gasteiger partial charge on any atom is -0.497 e. The topological polar surface area (TPSA) is 75.2 Å². The van der Waals surface area contributed by atoms with Crippen LogP contribution in [0, 0.1) is 5.41 Å². The van der Waals surface area contributed by atoms with Crippen molar-refractivity contribution in [1.29, 1.82) is 5.41 Å². The lowest BCUT2D eigenvalue weighted by Crippen LogP contribution is -2.33. The van der Waals surface area contributed by atoms with E-state index in [1.807, 2.05) is 43.1 Å². The fourth-order valence-electron chi connectivity index (χ4n) is 2.20. The van der Waals surface area contributed by atoms with Crippen LogP contribution in [-0.4, -0.2) is 31.0 Å². The normalized spacial score (nSPS) is 12.2. The van der Waals surface area contributed by atoms with Crippen LogP contribution in [0.15, 0.2) is 30.5 Å². The fraction of sp³-hybridized carbons (Fsp3) is 0.333. The highest BCUT2D eigenvalue weighted by Crippen LogP contribution is 2.28. The van der Waals surface area contributed by atoms with Gasteiger partial charge in [0.15, 0.2) is 0 Å². The van der Waals surface area contributed by atoms with Gasteiger partial charge in [0.1, 0.15) is 11.6 Å². The second kappa shape index (κ2) is 5.77. The molecule has 1 aromatic heterocycles. The molecule has 3 N–H and O–H groups in total. The maximum Gasteiger partial charge on any atom is 0.136 e. The van der Waals surface area contributed by atoms with E-state index in [9.17, 15) is 0 Å². The molecule has 0 spiro atoms. The van der Waals surface area contributed by atoms with Gasteiger partial charge in [-0.15, -0.1) is 0 Å². The molecular weight excluding hydrogens is 252 g/mol. The summed E-state index contributed by atoms with van der Waals surface area (Å²) in [5, 5.41) is 9.56. The van der Waals surface area contributed by atoms with Gasteiger partial charge in [0.2, 0.25) is 0 Å². The van der Waals surface area contributed by atoms with E-state index >= 15 is 0 Å². The summed E-state index contributed by atoms with van der Waals surface area (Å²) >= 11 is 0. The van der Waals surface area contributed by atoms with E-state index in [0.717, 1.165) is 22.3 Å². The van der Waals surface area contributed by atoms with Crippen molar-refractivity contribution in [3.8, 4) is 5.75 Å². The number of nitrogens with one attached hydrogen (secondary N) is 1. The molecule has 0 fully saturated rings. The number of hydrogen-bond donors (Lipinski definition) is 2. The highest BCUT2D eigenvalue weighted by molar-refractivity contribution is 5.93. The lowest BCUT2D eigenvalue weighted by Gasteiger charge is -2.26. The van der Waals surface area contributed by atoms with Crippen LogP contribution in [0.3, 0.4) is 0 Å². The second-order valence-corrected chi connectivity index (χ2v) is 4.91. The summed E-state index contributed by atoms with van der Waals surface area (Å²) in [4.78, 5) is 6.51. The van der Waals surface area contributed by atoms with Gasteiger partial charge < -0.3 is 15.4 Å². The summed E-state index contributed by atoms with van der Waals surface area (Å²) in [6.45, 7) is 2.03. The zero-order valence-electron chi connectivity index (χ0n) is 12.1. The number of nitrogens with zero attached hydrogens (tertiary/aromatic N) is 2. The Morgan fingerprint density at radius 1 is 1.45 bits per heavy atom. The van der Waals surface area contributed by atoms with E-state index < -0.39 is 0 Å². The number of ether oxygens (including phenoxy) is 1. The van der Waals surface area contributed by atoms with Crippen molar-refractivity contribution in [2.24, 2.45) is 5.73 Å². The Kier molecular flexibility index (Phi) is 4.08. The Labute approximate surface area is 118 Å². The lowest BCUT2D eigenvalue weighted by atomic mass is 10.1. The van der Waals surface area contributed by atoms with Gasteiger partial charge in [0.25, 0.3) is 0 Å². The van der Waals surface area contributed by atoms with Crippen LogP contribution in [0.25, 0.3) is 10.8 Å². The Hall–Kier alpha value is -2.30. The summed E-state index contributed by atoms with van der Waals surface area (Å²) in [5.41, 5.74) is 5.48. The number of fused-ring (bicyclic) bond motifs is 1. The van der Waals surface area contributed by atoms with Crippen LogP contribution < -0.4 is 15.4 Å². The standard InChI is InChI=1S/C15H20N4O/c1-10(8-14(16)17)19(2)15-13-9-12(20-3)5-4-11(13)6-7-18-15/h4-7,9-10H,8H2,1-3H3,(H3,16,17). The van der Waals surface area contributed by atoms with Gasteiger partial charge in [0, 0.05) is 31.1 Å². The van der Waals surface area contributed by atoms with Crippen LogP contribution in [0.5, 0.6) is 5.75 Å². The molecule has 106 valence electrons. The third-order valence-corrected chi connectivity index (χ3v) is 3.46. The van der Waals surface area contributed by atoms with Gasteiger partial charge in [-0.25, -0.2) is 4.98 Å². The maximum absolute atomic E-state index is 7.42. The van der Waals surface area contributed by atoms with Gasteiger partial charge in [-0.05, 0) is 30.5 Å². The molecule has 1 heterocycles. The molecule has 0 saturated carbocycles. The molecule has 0 bridgehead atoms. The first-order valence-corrected chi connectivity index (χ1v) is 6.51. The van der Waals surface area contributed by atoms with E-state index in [4.69, 9.17) is 15.9 Å². The Morgan fingerprint density at radius 3 is 2.85 bits per heavy atom. The molecule has 2 rings (SSSR count). The van der Waals surface area contributed by atoms with Crippen molar-refractivity contribution in [2.75, 3.05) is 19.1 Å². The molecule has 1 unspecified atom stereocenters. The molecule has 0 radical (unpaired) electrons. The molecule has 2 aromatic rings. The summed E-state index contributed by atoms with van der Waals surface area (Å²) < 4.78 is 5.28. The monoisotopic (exact) mass is 272 g/mol. The smallest absolute Gasteiger partial charge is 0.136 e. The highest BCUT2D eigenvalue weighted by Gasteiger charge is 2.15. The minimum atomic E-state index is 0.108. The lowest BCUT2D eigenvalue weighted by molar-refractivity contribution is 0.415. The number of hydrogen-bond acceptors (Lipinski definition) is 4. The third kappa shape index (κ3) is 2.82. The molecule has 20 heavy (non-hydrogen) atoms. The zero-order chi connectivity index (χ0) is 14.7. The predicted molar refractivity (Wildman–Crippen MR) is 82.7 cm³/mol. The zero-order valence-corrected chi connectivity index (χ0v) is 12.1. The maximum atomic E-state index is 7.42. The number of methoxy groups -OCH3 is 1. The molecule has 0 aliphatic carbocycles. The van der Waals surface area contributed by atoms with Crippen molar-refractivity contribution in [2.45, 2.75) is 19.4 Å². The molecule has 0 saturated heterocycles. The molecule has 0 aliphatic heterocycles. The first-order valence-electron chi connectivity index (χ1n) is 6.51. The molecule has 0 amide bonds. The number of benzene rings is 1. The number of aromatic nitrogens is 1. The molecular formula is C15H20N4O. The second-order valence-electron chi connectivity index (χ2n) is 4.91.